The van der Waals surface area contributed by atoms with Crippen LogP contribution in [0.2, 0.25) is 0 Å². The highest BCUT2D eigenvalue weighted by Gasteiger charge is 2.30. The van der Waals surface area contributed by atoms with Gasteiger partial charge in [0.05, 0.1) is 11.9 Å². The molecule has 0 saturated heterocycles. The van der Waals surface area contributed by atoms with Crippen LogP contribution < -0.4 is 9.62 Å². The highest BCUT2D eigenvalue weighted by atomic mass is 32.2. The van der Waals surface area contributed by atoms with Crippen LogP contribution in [-0.4, -0.2) is 50.5 Å². The number of anilines is 1. The molecule has 0 fully saturated rings. The molecule has 1 atom stereocenters. The number of nitrogens with one attached hydrogen (secondary N) is 1. The summed E-state index contributed by atoms with van der Waals surface area (Å²) in [5, 5.41) is 2.82. The van der Waals surface area contributed by atoms with E-state index in [1.54, 1.807) is 19.1 Å². The lowest BCUT2D eigenvalue weighted by Gasteiger charge is -2.31. The van der Waals surface area contributed by atoms with Gasteiger partial charge in [-0.15, -0.1) is 0 Å². The highest BCUT2D eigenvalue weighted by Crippen LogP contribution is 2.23. The van der Waals surface area contributed by atoms with E-state index in [1.807, 2.05) is 32.9 Å². The first-order chi connectivity index (χ1) is 16.4. The van der Waals surface area contributed by atoms with Gasteiger partial charge in [-0.25, -0.2) is 12.8 Å². The molecular formula is C26H36FN3O4S. The van der Waals surface area contributed by atoms with Crippen molar-refractivity contribution in [2.24, 2.45) is 0 Å². The van der Waals surface area contributed by atoms with E-state index in [9.17, 15) is 22.4 Å². The van der Waals surface area contributed by atoms with Crippen LogP contribution in [-0.2, 0) is 26.2 Å². The lowest BCUT2D eigenvalue weighted by Crippen LogP contribution is -2.51. The van der Waals surface area contributed by atoms with E-state index in [0.29, 0.717) is 17.8 Å². The maximum absolute atomic E-state index is 13.5. The molecule has 0 aliphatic carbocycles. The summed E-state index contributed by atoms with van der Waals surface area (Å²) in [6.07, 6.45) is 2.76. The Kier molecular flexibility index (Phi) is 10.2. The lowest BCUT2D eigenvalue weighted by molar-refractivity contribution is -0.139. The normalized spacial score (nSPS) is 12.3. The number of carbonyl (C=O) groups is 2. The Morgan fingerprint density at radius 3 is 2.11 bits per heavy atom. The van der Waals surface area contributed by atoms with Crippen molar-refractivity contribution < 1.29 is 22.4 Å². The smallest absolute Gasteiger partial charge is 0.244 e. The predicted molar refractivity (Wildman–Crippen MR) is 137 cm³/mol. The average Bonchev–Trinajstić information content (AvgIpc) is 2.81. The average molecular weight is 506 g/mol. The Morgan fingerprint density at radius 2 is 1.60 bits per heavy atom. The van der Waals surface area contributed by atoms with Gasteiger partial charge < -0.3 is 10.2 Å². The third-order valence-corrected chi connectivity index (χ3v) is 6.93. The number of benzene rings is 2. The fraction of sp³-hybridized carbons (Fsp3) is 0.462. The summed E-state index contributed by atoms with van der Waals surface area (Å²) in [5.41, 5.74) is 2.04. The number of nitrogens with zero attached hydrogens (tertiary/aromatic N) is 2. The summed E-state index contributed by atoms with van der Waals surface area (Å²) in [5.74, 6) is -1.01. The molecule has 0 radical (unpaired) electrons. The topological polar surface area (TPSA) is 86.8 Å². The van der Waals surface area contributed by atoms with Crippen molar-refractivity contribution in [2.75, 3.05) is 23.7 Å². The van der Waals surface area contributed by atoms with Crippen LogP contribution >= 0.6 is 0 Å². The Morgan fingerprint density at radius 1 is 1.00 bits per heavy atom. The standard InChI is InChI=1S/C26H36FN3O4S/c1-6-7-16-28-26(32)20(4)29(17-21-8-12-23(27)13-9-21)25(31)18-30(35(5,33)34)24-14-10-22(11-15-24)19(2)3/h8-15,19-20H,6-7,16-18H2,1-5H3,(H,28,32)/t20-/m1/s1. The Bertz CT molecular complexity index is 1090. The van der Waals surface area contributed by atoms with Gasteiger partial charge in [-0.05, 0) is 54.7 Å². The van der Waals surface area contributed by atoms with Crippen molar-refractivity contribution in [1.82, 2.24) is 10.2 Å². The molecule has 0 aliphatic heterocycles. The number of halogens is 1. The SMILES string of the molecule is CCCCNC(=O)[C@@H](C)N(Cc1ccc(F)cc1)C(=O)CN(c1ccc(C(C)C)cc1)S(C)(=O)=O. The van der Waals surface area contributed by atoms with Gasteiger partial charge in [0.25, 0.3) is 0 Å². The van der Waals surface area contributed by atoms with E-state index in [1.165, 1.54) is 29.2 Å². The van der Waals surface area contributed by atoms with Gasteiger partial charge in [0.2, 0.25) is 21.8 Å². The molecule has 2 rings (SSSR count). The Labute approximate surface area is 208 Å². The van der Waals surface area contributed by atoms with Crippen LogP contribution in [0, 0.1) is 5.82 Å². The molecule has 35 heavy (non-hydrogen) atoms. The van der Waals surface area contributed by atoms with Gasteiger partial charge in [-0.1, -0.05) is 51.5 Å². The molecule has 1 N–H and O–H groups in total. The van der Waals surface area contributed by atoms with Crippen LogP contribution in [0.15, 0.2) is 48.5 Å². The zero-order valence-corrected chi connectivity index (χ0v) is 21.9. The maximum Gasteiger partial charge on any atom is 0.244 e. The molecular weight excluding hydrogens is 469 g/mol. The molecule has 9 heteroatoms. The minimum absolute atomic E-state index is 0.0331. The third kappa shape index (κ3) is 8.35. The number of hydrogen-bond donors (Lipinski definition) is 1. The van der Waals surface area contributed by atoms with E-state index in [4.69, 9.17) is 0 Å². The quantitative estimate of drug-likeness (QED) is 0.441. The second-order valence-corrected chi connectivity index (χ2v) is 10.9. The fourth-order valence-electron chi connectivity index (χ4n) is 3.54. The van der Waals surface area contributed by atoms with Crippen molar-refractivity contribution in [3.05, 3.63) is 65.5 Å². The minimum Gasteiger partial charge on any atom is -0.354 e. The molecule has 0 spiro atoms. The van der Waals surface area contributed by atoms with Crippen LogP contribution in [0.3, 0.4) is 0 Å². The summed E-state index contributed by atoms with van der Waals surface area (Å²) in [7, 11) is -3.79. The van der Waals surface area contributed by atoms with Gasteiger partial charge in [-0.2, -0.15) is 0 Å². The van der Waals surface area contributed by atoms with Crippen LogP contribution in [0.5, 0.6) is 0 Å². The molecule has 0 heterocycles. The van der Waals surface area contributed by atoms with Crippen molar-refractivity contribution in [3.8, 4) is 0 Å². The molecule has 0 saturated carbocycles. The van der Waals surface area contributed by atoms with E-state index in [-0.39, 0.29) is 18.4 Å². The first-order valence-electron chi connectivity index (χ1n) is 11.8. The summed E-state index contributed by atoms with van der Waals surface area (Å²) in [6.45, 7) is 7.73. The minimum atomic E-state index is -3.79. The summed E-state index contributed by atoms with van der Waals surface area (Å²) >= 11 is 0. The van der Waals surface area contributed by atoms with Gasteiger partial charge >= 0.3 is 0 Å². The maximum atomic E-state index is 13.5. The van der Waals surface area contributed by atoms with Gasteiger partial charge in [0.1, 0.15) is 18.4 Å². The zero-order valence-electron chi connectivity index (χ0n) is 21.1. The van der Waals surface area contributed by atoms with E-state index in [2.05, 4.69) is 5.32 Å². The fourth-order valence-corrected chi connectivity index (χ4v) is 4.39. The molecule has 2 aromatic rings. The molecule has 0 bridgehead atoms. The first kappa shape index (κ1) is 28.3. The molecule has 2 amide bonds. The van der Waals surface area contributed by atoms with Crippen molar-refractivity contribution in [3.63, 3.8) is 0 Å². The number of unbranched alkanes of at least 4 members (excludes halogenated alkanes) is 1. The second kappa shape index (κ2) is 12.7. The van der Waals surface area contributed by atoms with Crippen molar-refractivity contribution in [1.29, 1.82) is 0 Å². The van der Waals surface area contributed by atoms with E-state index in [0.717, 1.165) is 29.0 Å². The monoisotopic (exact) mass is 505 g/mol. The van der Waals surface area contributed by atoms with Gasteiger partial charge in [0.15, 0.2) is 0 Å². The summed E-state index contributed by atoms with van der Waals surface area (Å²) in [4.78, 5) is 27.6. The van der Waals surface area contributed by atoms with Crippen molar-refractivity contribution in [2.45, 2.75) is 59.0 Å². The number of sulfonamides is 1. The number of hydrogen-bond acceptors (Lipinski definition) is 4. The Hall–Kier alpha value is -2.94. The van der Waals surface area contributed by atoms with Gasteiger partial charge in [0, 0.05) is 13.1 Å². The largest absolute Gasteiger partial charge is 0.354 e. The molecule has 0 aliphatic rings. The lowest BCUT2D eigenvalue weighted by atomic mass is 10.0. The van der Waals surface area contributed by atoms with E-state index < -0.39 is 34.3 Å². The van der Waals surface area contributed by atoms with E-state index >= 15 is 0 Å². The second-order valence-electron chi connectivity index (χ2n) is 8.98. The first-order valence-corrected chi connectivity index (χ1v) is 13.7. The molecule has 0 aromatic heterocycles. The summed E-state index contributed by atoms with van der Waals surface area (Å²) < 4.78 is 39.7. The van der Waals surface area contributed by atoms with Crippen LogP contribution in [0.25, 0.3) is 0 Å². The summed E-state index contributed by atoms with van der Waals surface area (Å²) in [6, 6.07) is 11.8. The molecule has 0 unspecified atom stereocenters. The molecule has 192 valence electrons. The predicted octanol–water partition coefficient (Wildman–Crippen LogP) is 4.05. The van der Waals surface area contributed by atoms with Crippen molar-refractivity contribution >= 4 is 27.5 Å². The number of rotatable bonds is 12. The zero-order chi connectivity index (χ0) is 26.2. The number of carbonyl (C=O) groups excluding carboxylic acids is 2. The molecule has 2 aromatic carbocycles. The third-order valence-electron chi connectivity index (χ3n) is 5.79. The number of amides is 2. The molecule has 7 nitrogen and oxygen atoms in total. The van der Waals surface area contributed by atoms with Crippen LogP contribution in [0.1, 0.15) is 57.6 Å². The Balaban J connectivity index is 2.34. The van der Waals surface area contributed by atoms with Crippen LogP contribution in [0.4, 0.5) is 10.1 Å². The van der Waals surface area contributed by atoms with Gasteiger partial charge in [-0.3, -0.25) is 13.9 Å². The highest BCUT2D eigenvalue weighted by molar-refractivity contribution is 7.92.